The van der Waals surface area contributed by atoms with E-state index in [-0.39, 0.29) is 11.3 Å². The number of rotatable bonds is 1. The molecule has 0 aliphatic carbocycles. The average Bonchev–Trinajstić information content (AvgIpc) is 2.23. The van der Waals surface area contributed by atoms with Gasteiger partial charge in [0.15, 0.2) is 0 Å². The van der Waals surface area contributed by atoms with Gasteiger partial charge in [-0.1, -0.05) is 12.1 Å². The smallest absolute Gasteiger partial charge is 0.265 e. The van der Waals surface area contributed by atoms with Gasteiger partial charge in [0.1, 0.15) is 5.69 Å². The Morgan fingerprint density at radius 2 is 2.27 bits per heavy atom. The number of nitrogens with two attached hydrogens (primary N) is 1. The van der Waals surface area contributed by atoms with Crippen molar-refractivity contribution in [3.63, 3.8) is 0 Å². The van der Waals surface area contributed by atoms with E-state index in [1.807, 2.05) is 0 Å². The van der Waals surface area contributed by atoms with Gasteiger partial charge < -0.3 is 10.3 Å². The maximum atomic E-state index is 11.8. The molecule has 4 nitrogen and oxygen atoms in total. The summed E-state index contributed by atoms with van der Waals surface area (Å²) in [7, 11) is 1.52. The Labute approximate surface area is 85.9 Å². The van der Waals surface area contributed by atoms with Crippen LogP contribution in [0.3, 0.4) is 0 Å². The molecule has 0 saturated carbocycles. The van der Waals surface area contributed by atoms with Crippen LogP contribution in [0, 0.1) is 6.07 Å². The zero-order valence-electron chi connectivity index (χ0n) is 8.15. The number of carbonyl (C=O) groups is 1. The van der Waals surface area contributed by atoms with Crippen molar-refractivity contribution >= 4 is 16.7 Å². The molecule has 0 spiro atoms. The Balaban J connectivity index is 2.95. The summed E-state index contributed by atoms with van der Waals surface area (Å²) in [5.74, 6) is -0.617. The molecule has 0 saturated heterocycles. The molecule has 0 aliphatic rings. The second kappa shape index (κ2) is 3.24. The number of pyridine rings is 1. The van der Waals surface area contributed by atoms with E-state index in [1.54, 1.807) is 24.3 Å². The van der Waals surface area contributed by atoms with E-state index in [0.29, 0.717) is 10.8 Å². The molecule has 2 aromatic rings. The average molecular weight is 201 g/mol. The number of hydrogen-bond acceptors (Lipinski definition) is 2. The van der Waals surface area contributed by atoms with E-state index in [9.17, 15) is 9.59 Å². The topological polar surface area (TPSA) is 65.1 Å². The first kappa shape index (κ1) is 9.45. The molecule has 0 unspecified atom stereocenters. The van der Waals surface area contributed by atoms with Crippen LogP contribution in [0.15, 0.2) is 29.1 Å². The van der Waals surface area contributed by atoms with Gasteiger partial charge in [0.25, 0.3) is 11.5 Å². The first-order valence-corrected chi connectivity index (χ1v) is 4.41. The molecule has 2 N–H and O–H groups in total. The number of primary amides is 1. The molecule has 2 rings (SSSR count). The van der Waals surface area contributed by atoms with Crippen molar-refractivity contribution in [2.45, 2.75) is 0 Å². The van der Waals surface area contributed by atoms with Gasteiger partial charge in [-0.15, -0.1) is 0 Å². The van der Waals surface area contributed by atoms with E-state index in [2.05, 4.69) is 6.07 Å². The second-order valence-corrected chi connectivity index (χ2v) is 3.26. The Bertz CT molecular complexity index is 599. The Morgan fingerprint density at radius 3 is 2.93 bits per heavy atom. The minimum Gasteiger partial charge on any atom is -0.364 e. The van der Waals surface area contributed by atoms with E-state index in [1.165, 1.54) is 11.6 Å². The third-order valence-electron chi connectivity index (χ3n) is 2.32. The van der Waals surface area contributed by atoms with Crippen LogP contribution in [-0.2, 0) is 7.05 Å². The van der Waals surface area contributed by atoms with Crippen LogP contribution in [0.4, 0.5) is 0 Å². The van der Waals surface area contributed by atoms with Gasteiger partial charge in [0.05, 0.1) is 0 Å². The van der Waals surface area contributed by atoms with E-state index in [4.69, 9.17) is 5.73 Å². The van der Waals surface area contributed by atoms with Gasteiger partial charge in [-0.2, -0.15) is 0 Å². The highest BCUT2D eigenvalue weighted by Gasteiger charge is 2.09. The van der Waals surface area contributed by atoms with Crippen LogP contribution in [0.2, 0.25) is 0 Å². The van der Waals surface area contributed by atoms with Crippen molar-refractivity contribution in [3.8, 4) is 0 Å². The van der Waals surface area contributed by atoms with Crippen molar-refractivity contribution in [1.82, 2.24) is 4.57 Å². The maximum absolute atomic E-state index is 11.8. The summed E-state index contributed by atoms with van der Waals surface area (Å²) >= 11 is 0. The maximum Gasteiger partial charge on any atom is 0.265 e. The third kappa shape index (κ3) is 1.40. The van der Waals surface area contributed by atoms with Gasteiger partial charge in [-0.05, 0) is 23.6 Å². The van der Waals surface area contributed by atoms with Crippen LogP contribution >= 0.6 is 0 Å². The van der Waals surface area contributed by atoms with Crippen molar-refractivity contribution < 1.29 is 4.79 Å². The van der Waals surface area contributed by atoms with E-state index < -0.39 is 5.91 Å². The largest absolute Gasteiger partial charge is 0.364 e. The quantitative estimate of drug-likeness (QED) is 0.727. The predicted octanol–water partition coefficient (Wildman–Crippen LogP) is 0.438. The molecule has 1 aromatic heterocycles. The highest BCUT2D eigenvalue weighted by Crippen LogP contribution is 2.10. The zero-order chi connectivity index (χ0) is 11.0. The van der Waals surface area contributed by atoms with E-state index >= 15 is 0 Å². The normalized spacial score (nSPS) is 10.5. The van der Waals surface area contributed by atoms with E-state index in [0.717, 1.165) is 0 Å². The minimum atomic E-state index is -0.617. The fraction of sp³-hybridized carbons (Fsp3) is 0.0909. The Kier molecular flexibility index (Phi) is 2.04. The van der Waals surface area contributed by atoms with Gasteiger partial charge in [-0.25, -0.2) is 0 Å². The summed E-state index contributed by atoms with van der Waals surface area (Å²) in [5.41, 5.74) is 5.11. The number of fused-ring (bicyclic) bond motifs is 1. The molecular weight excluding hydrogens is 192 g/mol. The SMILES string of the molecule is Cn1c(C(N)=O)cc2[c]cccc2c1=O. The van der Waals surface area contributed by atoms with Gasteiger partial charge in [0.2, 0.25) is 0 Å². The second-order valence-electron chi connectivity index (χ2n) is 3.26. The fourth-order valence-electron chi connectivity index (χ4n) is 1.52. The van der Waals surface area contributed by atoms with Crippen molar-refractivity contribution in [3.05, 3.63) is 46.4 Å². The molecule has 75 valence electrons. The Hall–Kier alpha value is -2.10. The summed E-state index contributed by atoms with van der Waals surface area (Å²) in [4.78, 5) is 22.9. The standard InChI is InChI=1S/C11H9N2O2/c1-13-9(10(12)14)6-7-4-2-3-5-8(7)11(13)15/h2-3,5-6H,1H3,(H2,12,14). The molecule has 0 fully saturated rings. The molecule has 0 atom stereocenters. The summed E-state index contributed by atoms with van der Waals surface area (Å²) < 4.78 is 1.25. The predicted molar refractivity (Wildman–Crippen MR) is 56.5 cm³/mol. The minimum absolute atomic E-state index is 0.190. The van der Waals surface area contributed by atoms with Crippen LogP contribution in [0.5, 0.6) is 0 Å². The number of benzene rings is 1. The van der Waals surface area contributed by atoms with Crippen molar-refractivity contribution in [2.24, 2.45) is 12.8 Å². The highest BCUT2D eigenvalue weighted by molar-refractivity contribution is 5.95. The first-order valence-electron chi connectivity index (χ1n) is 4.41. The van der Waals surface area contributed by atoms with Crippen LogP contribution in [-0.4, -0.2) is 10.5 Å². The van der Waals surface area contributed by atoms with Crippen molar-refractivity contribution in [2.75, 3.05) is 0 Å². The zero-order valence-corrected chi connectivity index (χ0v) is 8.15. The lowest BCUT2D eigenvalue weighted by Crippen LogP contribution is -2.26. The molecular formula is C11H9N2O2. The lowest BCUT2D eigenvalue weighted by atomic mass is 10.1. The Morgan fingerprint density at radius 1 is 1.53 bits per heavy atom. The third-order valence-corrected chi connectivity index (χ3v) is 2.32. The number of nitrogens with zero attached hydrogens (tertiary/aromatic N) is 1. The van der Waals surface area contributed by atoms with Crippen molar-refractivity contribution in [1.29, 1.82) is 0 Å². The lowest BCUT2D eigenvalue weighted by Gasteiger charge is -2.06. The van der Waals surface area contributed by atoms with Crippen LogP contribution in [0.1, 0.15) is 10.5 Å². The monoisotopic (exact) mass is 201 g/mol. The fourth-order valence-corrected chi connectivity index (χ4v) is 1.52. The number of aromatic nitrogens is 1. The van der Waals surface area contributed by atoms with Crippen LogP contribution in [0.25, 0.3) is 10.8 Å². The molecule has 0 aliphatic heterocycles. The number of hydrogen-bond donors (Lipinski definition) is 1. The summed E-state index contributed by atoms with van der Waals surface area (Å²) in [6.45, 7) is 0. The molecule has 1 heterocycles. The molecule has 1 amide bonds. The van der Waals surface area contributed by atoms with Gasteiger partial charge in [0, 0.05) is 12.4 Å². The van der Waals surface area contributed by atoms with Crippen LogP contribution < -0.4 is 11.3 Å². The molecule has 1 aromatic carbocycles. The summed E-state index contributed by atoms with van der Waals surface area (Å²) in [6, 6.07) is 9.57. The number of carbonyl (C=O) groups excluding carboxylic acids is 1. The summed E-state index contributed by atoms with van der Waals surface area (Å²) in [5, 5.41) is 1.14. The first-order chi connectivity index (χ1) is 7.11. The molecule has 0 bridgehead atoms. The van der Waals surface area contributed by atoms with Gasteiger partial charge >= 0.3 is 0 Å². The molecule has 4 heteroatoms. The lowest BCUT2D eigenvalue weighted by molar-refractivity contribution is 0.0991. The summed E-state index contributed by atoms with van der Waals surface area (Å²) in [6.07, 6.45) is 0. The van der Waals surface area contributed by atoms with Gasteiger partial charge in [-0.3, -0.25) is 9.59 Å². The highest BCUT2D eigenvalue weighted by atomic mass is 16.2. The molecule has 15 heavy (non-hydrogen) atoms. The number of amides is 1. The molecule has 1 radical (unpaired) electrons.